The van der Waals surface area contributed by atoms with Crippen LogP contribution in [0.5, 0.6) is 0 Å². The highest BCUT2D eigenvalue weighted by molar-refractivity contribution is 9.10. The molecule has 0 saturated carbocycles. The Morgan fingerprint density at radius 2 is 2.12 bits per heavy atom. The van der Waals surface area contributed by atoms with Gasteiger partial charge < -0.3 is 20.8 Å². The number of nitrogens with two attached hydrogens (primary N) is 1. The van der Waals surface area contributed by atoms with Gasteiger partial charge in [0.2, 0.25) is 0 Å². The lowest BCUT2D eigenvalue weighted by Crippen LogP contribution is -2.26. The van der Waals surface area contributed by atoms with E-state index in [4.69, 9.17) is 22.7 Å². The molecule has 1 aromatic heterocycles. The summed E-state index contributed by atoms with van der Waals surface area (Å²) < 4.78 is 6.12. The van der Waals surface area contributed by atoms with Crippen LogP contribution in [0.1, 0.15) is 24.0 Å². The minimum atomic E-state index is -0.427. The molecule has 24 heavy (non-hydrogen) atoms. The third-order valence-corrected chi connectivity index (χ3v) is 4.82. The quantitative estimate of drug-likeness (QED) is 0.521. The van der Waals surface area contributed by atoms with Gasteiger partial charge >= 0.3 is 5.97 Å². The van der Waals surface area contributed by atoms with Crippen molar-refractivity contribution in [2.75, 3.05) is 18.2 Å². The summed E-state index contributed by atoms with van der Waals surface area (Å²) in [5.41, 5.74) is 8.87. The minimum absolute atomic E-state index is 0.277. The monoisotopic (exact) mass is 406 g/mol. The van der Waals surface area contributed by atoms with Gasteiger partial charge in [0.05, 0.1) is 18.6 Å². The number of fused-ring (bicyclic) bond motifs is 1. The molecular formula is C16H15BrN4O2S. The number of methoxy groups -OCH3 is 1. The molecule has 124 valence electrons. The third-order valence-electron chi connectivity index (χ3n) is 3.91. The molecule has 6 nitrogen and oxygen atoms in total. The first-order valence-electron chi connectivity index (χ1n) is 7.14. The normalized spacial score (nSPS) is 16.4. The largest absolute Gasteiger partial charge is 0.466 e. The summed E-state index contributed by atoms with van der Waals surface area (Å²) in [5, 5.41) is 3.11. The molecule has 4 N–H and O–H groups in total. The van der Waals surface area contributed by atoms with Gasteiger partial charge in [-0.2, -0.15) is 0 Å². The van der Waals surface area contributed by atoms with E-state index in [0.717, 1.165) is 10.0 Å². The van der Waals surface area contributed by atoms with Crippen molar-refractivity contribution in [2.45, 2.75) is 12.8 Å². The maximum Gasteiger partial charge on any atom is 0.336 e. The maximum absolute atomic E-state index is 12.4. The fourth-order valence-electron chi connectivity index (χ4n) is 2.89. The van der Waals surface area contributed by atoms with Crippen LogP contribution in [0.4, 0.5) is 11.6 Å². The number of nitrogen functional groups attached to an aromatic ring is 1. The average molecular weight is 407 g/mol. The molecule has 0 aliphatic carbocycles. The Morgan fingerprint density at radius 3 is 2.79 bits per heavy atom. The average Bonchev–Trinajstić information content (AvgIpc) is 2.53. The number of H-pyrrole nitrogens is 1. The Hall–Kier alpha value is -2.19. The van der Waals surface area contributed by atoms with Crippen LogP contribution in [-0.2, 0) is 9.53 Å². The number of esters is 1. The highest BCUT2D eigenvalue weighted by Gasteiger charge is 2.36. The summed E-state index contributed by atoms with van der Waals surface area (Å²) in [5.74, 6) is 0.0613. The lowest BCUT2D eigenvalue weighted by molar-refractivity contribution is -0.136. The van der Waals surface area contributed by atoms with Crippen molar-refractivity contribution in [3.05, 3.63) is 55.9 Å². The van der Waals surface area contributed by atoms with Gasteiger partial charge in [-0.15, -0.1) is 0 Å². The summed E-state index contributed by atoms with van der Waals surface area (Å²) in [6, 6.07) is 7.65. The SMILES string of the molecule is COC(=O)C1=C(C)Nc2nc(=S)[nH]c(N)c2C1c1ccccc1Br. The van der Waals surface area contributed by atoms with Crippen LogP contribution in [0.15, 0.2) is 40.0 Å². The summed E-state index contributed by atoms with van der Waals surface area (Å²) in [6.45, 7) is 1.80. The Morgan fingerprint density at radius 1 is 1.42 bits per heavy atom. The van der Waals surface area contributed by atoms with E-state index in [9.17, 15) is 4.79 Å². The van der Waals surface area contributed by atoms with Crippen LogP contribution in [-0.4, -0.2) is 23.0 Å². The minimum Gasteiger partial charge on any atom is -0.466 e. The van der Waals surface area contributed by atoms with Crippen LogP contribution in [0.25, 0.3) is 0 Å². The second kappa shape index (κ2) is 6.37. The fraction of sp³-hybridized carbons (Fsp3) is 0.188. The molecule has 0 amide bonds. The van der Waals surface area contributed by atoms with Gasteiger partial charge in [0.15, 0.2) is 4.77 Å². The molecule has 2 aromatic rings. The van der Waals surface area contributed by atoms with Crippen molar-refractivity contribution in [1.82, 2.24) is 9.97 Å². The zero-order chi connectivity index (χ0) is 17.4. The number of rotatable bonds is 2. The van der Waals surface area contributed by atoms with E-state index >= 15 is 0 Å². The number of hydrogen-bond donors (Lipinski definition) is 3. The zero-order valence-electron chi connectivity index (χ0n) is 13.0. The van der Waals surface area contributed by atoms with Gasteiger partial charge in [-0.05, 0) is 30.8 Å². The molecule has 0 bridgehead atoms. The summed E-state index contributed by atoms with van der Waals surface area (Å²) in [7, 11) is 1.36. The Bertz CT molecular complexity index is 923. The van der Waals surface area contributed by atoms with E-state index in [1.807, 2.05) is 24.3 Å². The standard InChI is InChI=1S/C16H15BrN4O2S/c1-7-10(15(22)23-2)11(8-5-3-4-6-9(8)17)12-13(18)20-16(24)21-14(12)19-7/h3-6,11H,1-2H3,(H4,18,19,20,21,24). The van der Waals surface area contributed by atoms with Crippen molar-refractivity contribution in [3.63, 3.8) is 0 Å². The van der Waals surface area contributed by atoms with Crippen molar-refractivity contribution >= 4 is 45.8 Å². The molecule has 0 fully saturated rings. The Balaban J connectivity index is 2.35. The number of nitrogens with zero attached hydrogens (tertiary/aromatic N) is 1. The van der Waals surface area contributed by atoms with Crippen LogP contribution in [0.2, 0.25) is 0 Å². The van der Waals surface area contributed by atoms with E-state index in [0.29, 0.717) is 28.5 Å². The van der Waals surface area contributed by atoms with Crippen LogP contribution >= 0.6 is 28.1 Å². The van der Waals surface area contributed by atoms with E-state index in [1.165, 1.54) is 7.11 Å². The predicted octanol–water partition coefficient (Wildman–Crippen LogP) is 3.49. The number of aromatic amines is 1. The van der Waals surface area contributed by atoms with Gasteiger partial charge in [-0.25, -0.2) is 9.78 Å². The van der Waals surface area contributed by atoms with Gasteiger partial charge in [-0.3, -0.25) is 0 Å². The molecule has 0 saturated heterocycles. The number of allylic oxidation sites excluding steroid dienone is 1. The molecule has 1 aliphatic heterocycles. The number of halogens is 1. The first-order valence-corrected chi connectivity index (χ1v) is 8.34. The summed E-state index contributed by atoms with van der Waals surface area (Å²) in [4.78, 5) is 19.6. The number of carbonyl (C=O) groups excluding carboxylic acids is 1. The molecule has 3 rings (SSSR count). The first kappa shape index (κ1) is 16.7. The van der Waals surface area contributed by atoms with E-state index in [2.05, 4.69) is 31.2 Å². The number of anilines is 2. The zero-order valence-corrected chi connectivity index (χ0v) is 15.4. The van der Waals surface area contributed by atoms with Crippen LogP contribution in [0, 0.1) is 4.77 Å². The van der Waals surface area contributed by atoms with E-state index < -0.39 is 11.9 Å². The molecule has 1 atom stereocenters. The number of nitrogens with one attached hydrogen (secondary N) is 2. The van der Waals surface area contributed by atoms with E-state index in [-0.39, 0.29) is 4.77 Å². The third kappa shape index (κ3) is 2.71. The number of aromatic nitrogens is 2. The van der Waals surface area contributed by atoms with Crippen molar-refractivity contribution in [3.8, 4) is 0 Å². The van der Waals surface area contributed by atoms with Gasteiger partial charge in [0.1, 0.15) is 11.6 Å². The lowest BCUT2D eigenvalue weighted by atomic mass is 9.82. The molecule has 0 radical (unpaired) electrons. The van der Waals surface area contributed by atoms with Crippen molar-refractivity contribution in [2.24, 2.45) is 0 Å². The molecular weight excluding hydrogens is 392 g/mol. The molecule has 1 aliphatic rings. The van der Waals surface area contributed by atoms with Crippen LogP contribution in [0.3, 0.4) is 0 Å². The second-order valence-electron chi connectivity index (χ2n) is 5.33. The first-order chi connectivity index (χ1) is 11.4. The van der Waals surface area contributed by atoms with Gasteiger partial charge in [-0.1, -0.05) is 34.1 Å². The number of carbonyl (C=O) groups is 1. The smallest absolute Gasteiger partial charge is 0.336 e. The van der Waals surface area contributed by atoms with Crippen molar-refractivity contribution < 1.29 is 9.53 Å². The lowest BCUT2D eigenvalue weighted by Gasteiger charge is -2.30. The molecule has 1 aromatic carbocycles. The van der Waals surface area contributed by atoms with Gasteiger partial charge in [0, 0.05) is 15.7 Å². The number of ether oxygens (including phenoxy) is 1. The molecule has 8 heteroatoms. The summed E-state index contributed by atoms with van der Waals surface area (Å²) in [6.07, 6.45) is 0. The Labute approximate surface area is 152 Å². The molecule has 0 spiro atoms. The highest BCUT2D eigenvalue weighted by Crippen LogP contribution is 2.45. The van der Waals surface area contributed by atoms with Crippen molar-refractivity contribution in [1.29, 1.82) is 0 Å². The maximum atomic E-state index is 12.4. The second-order valence-corrected chi connectivity index (χ2v) is 6.57. The fourth-order valence-corrected chi connectivity index (χ4v) is 3.61. The molecule has 1 unspecified atom stereocenters. The van der Waals surface area contributed by atoms with Gasteiger partial charge in [0.25, 0.3) is 0 Å². The predicted molar refractivity (Wildman–Crippen MR) is 98.2 cm³/mol. The van der Waals surface area contributed by atoms with E-state index in [1.54, 1.807) is 6.92 Å². The summed E-state index contributed by atoms with van der Waals surface area (Å²) >= 11 is 8.66. The Kier molecular flexibility index (Phi) is 4.42. The topological polar surface area (TPSA) is 93.0 Å². The number of hydrogen-bond acceptors (Lipinski definition) is 6. The molecule has 2 heterocycles. The highest BCUT2D eigenvalue weighted by atomic mass is 79.9. The van der Waals surface area contributed by atoms with Crippen LogP contribution < -0.4 is 11.1 Å². The number of benzene rings is 1.